The second-order valence-electron chi connectivity index (χ2n) is 4.67. The van der Waals surface area contributed by atoms with Crippen molar-refractivity contribution in [2.45, 2.75) is 45.1 Å². The molecular formula is C13H19N3O2. The summed E-state index contributed by atoms with van der Waals surface area (Å²) in [5.74, 6) is -0.148. The first-order chi connectivity index (χ1) is 8.74. The fourth-order valence-electron chi connectivity index (χ4n) is 2.28. The summed E-state index contributed by atoms with van der Waals surface area (Å²) in [5, 5.41) is 0. The second kappa shape index (κ2) is 5.80. The third kappa shape index (κ3) is 2.60. The Morgan fingerprint density at radius 2 is 2.17 bits per heavy atom. The molecule has 0 radical (unpaired) electrons. The van der Waals surface area contributed by atoms with Crippen LogP contribution in [-0.4, -0.2) is 32.8 Å². The van der Waals surface area contributed by atoms with Gasteiger partial charge in [-0.15, -0.1) is 0 Å². The van der Waals surface area contributed by atoms with Gasteiger partial charge in [-0.2, -0.15) is 0 Å². The number of likely N-dealkylation sites (tertiary alicyclic amines) is 1. The van der Waals surface area contributed by atoms with E-state index in [-0.39, 0.29) is 24.3 Å². The molecule has 1 aromatic rings. The Hall–Kier alpha value is -1.65. The van der Waals surface area contributed by atoms with Gasteiger partial charge in [0.15, 0.2) is 0 Å². The average molecular weight is 249 g/mol. The minimum atomic E-state index is -0.383. The van der Waals surface area contributed by atoms with Crippen molar-refractivity contribution in [2.24, 2.45) is 0 Å². The Labute approximate surface area is 107 Å². The number of amides is 2. The van der Waals surface area contributed by atoms with E-state index in [1.165, 1.54) is 4.90 Å². The molecule has 5 nitrogen and oxygen atoms in total. The number of rotatable bonds is 6. The van der Waals surface area contributed by atoms with Crippen LogP contribution in [-0.2, 0) is 9.59 Å². The average Bonchev–Trinajstić information content (AvgIpc) is 2.96. The Balaban J connectivity index is 1.93. The molecule has 0 spiro atoms. The zero-order chi connectivity index (χ0) is 13.0. The fraction of sp³-hybridized carbons (Fsp3) is 0.615. The second-order valence-corrected chi connectivity index (χ2v) is 4.67. The van der Waals surface area contributed by atoms with Crippen LogP contribution in [0.2, 0.25) is 0 Å². The maximum absolute atomic E-state index is 12.1. The van der Waals surface area contributed by atoms with Gasteiger partial charge in [0.25, 0.3) is 5.91 Å². The highest BCUT2D eigenvalue weighted by Gasteiger charge is 2.38. The van der Waals surface area contributed by atoms with Gasteiger partial charge in [0.1, 0.15) is 6.04 Å². The van der Waals surface area contributed by atoms with Crippen LogP contribution < -0.4 is 0 Å². The lowest BCUT2D eigenvalue weighted by molar-refractivity contribution is -0.139. The first-order valence-corrected chi connectivity index (χ1v) is 6.55. The normalized spacial score (nSPS) is 19.8. The minimum absolute atomic E-state index is 0.0600. The zero-order valence-electron chi connectivity index (χ0n) is 10.7. The van der Waals surface area contributed by atoms with Crippen molar-refractivity contribution < 1.29 is 9.59 Å². The standard InChI is InChI=1S/C13H19N3O2/c1-2-3-4-5-7-16-12(17)9-11(13(16)18)15-8-6-14-10-15/h6,8,10-11H,2-5,7,9H2,1H3. The summed E-state index contributed by atoms with van der Waals surface area (Å²) in [6, 6.07) is -0.383. The van der Waals surface area contributed by atoms with Crippen molar-refractivity contribution in [3.8, 4) is 0 Å². The first-order valence-electron chi connectivity index (χ1n) is 6.55. The molecule has 0 N–H and O–H groups in total. The number of aromatic nitrogens is 2. The van der Waals surface area contributed by atoms with E-state index < -0.39 is 0 Å². The van der Waals surface area contributed by atoms with Gasteiger partial charge >= 0.3 is 0 Å². The van der Waals surface area contributed by atoms with Gasteiger partial charge in [0.05, 0.1) is 12.7 Å². The molecule has 2 heterocycles. The van der Waals surface area contributed by atoms with E-state index in [0.29, 0.717) is 6.54 Å². The van der Waals surface area contributed by atoms with Gasteiger partial charge < -0.3 is 4.57 Å². The van der Waals surface area contributed by atoms with Crippen LogP contribution in [0.15, 0.2) is 18.7 Å². The van der Waals surface area contributed by atoms with E-state index in [0.717, 1.165) is 25.7 Å². The lowest BCUT2D eigenvalue weighted by atomic mass is 10.2. The van der Waals surface area contributed by atoms with E-state index in [1.807, 2.05) is 0 Å². The molecule has 18 heavy (non-hydrogen) atoms. The number of carbonyl (C=O) groups excluding carboxylic acids is 2. The Bertz CT molecular complexity index is 414. The topological polar surface area (TPSA) is 55.2 Å². The number of imide groups is 1. The van der Waals surface area contributed by atoms with Crippen LogP contribution in [0.4, 0.5) is 0 Å². The summed E-state index contributed by atoms with van der Waals surface area (Å²) in [5.41, 5.74) is 0. The fourth-order valence-corrected chi connectivity index (χ4v) is 2.28. The molecule has 0 aromatic carbocycles. The third-order valence-corrected chi connectivity index (χ3v) is 3.34. The Kier molecular flexibility index (Phi) is 4.12. The van der Waals surface area contributed by atoms with E-state index in [9.17, 15) is 9.59 Å². The van der Waals surface area contributed by atoms with Gasteiger partial charge in [0, 0.05) is 18.9 Å². The number of hydrogen-bond acceptors (Lipinski definition) is 3. The van der Waals surface area contributed by atoms with Crippen LogP contribution in [0, 0.1) is 0 Å². The predicted molar refractivity (Wildman–Crippen MR) is 66.7 cm³/mol. The van der Waals surface area contributed by atoms with E-state index in [2.05, 4.69) is 11.9 Å². The lowest BCUT2D eigenvalue weighted by Crippen LogP contribution is -2.32. The molecule has 1 atom stereocenters. The molecule has 2 amide bonds. The molecule has 0 saturated carbocycles. The zero-order valence-corrected chi connectivity index (χ0v) is 10.7. The molecule has 1 aliphatic heterocycles. The molecule has 1 aromatic heterocycles. The van der Waals surface area contributed by atoms with Crippen molar-refractivity contribution >= 4 is 11.8 Å². The quantitative estimate of drug-likeness (QED) is 0.570. The maximum atomic E-state index is 12.1. The largest absolute Gasteiger partial charge is 0.324 e. The third-order valence-electron chi connectivity index (χ3n) is 3.34. The number of unbranched alkanes of at least 4 members (excludes halogenated alkanes) is 3. The molecule has 1 aliphatic rings. The lowest BCUT2D eigenvalue weighted by Gasteiger charge is -2.15. The van der Waals surface area contributed by atoms with Crippen LogP contribution in [0.3, 0.4) is 0 Å². The van der Waals surface area contributed by atoms with E-state index in [1.54, 1.807) is 23.3 Å². The van der Waals surface area contributed by atoms with Gasteiger partial charge in [0.2, 0.25) is 5.91 Å². The van der Waals surface area contributed by atoms with Gasteiger partial charge in [-0.3, -0.25) is 14.5 Å². The summed E-state index contributed by atoms with van der Waals surface area (Å²) in [6.45, 7) is 2.70. The van der Waals surface area contributed by atoms with Gasteiger partial charge in [-0.1, -0.05) is 26.2 Å². The summed E-state index contributed by atoms with van der Waals surface area (Å²) in [4.78, 5) is 29.3. The molecule has 1 unspecified atom stereocenters. The summed E-state index contributed by atoms with van der Waals surface area (Å²) in [7, 11) is 0. The smallest absolute Gasteiger partial charge is 0.252 e. The van der Waals surface area contributed by atoms with Gasteiger partial charge in [-0.05, 0) is 6.42 Å². The first kappa shape index (κ1) is 12.8. The molecule has 0 aliphatic carbocycles. The van der Waals surface area contributed by atoms with Crippen molar-refractivity contribution in [3.05, 3.63) is 18.7 Å². The number of hydrogen-bond donors (Lipinski definition) is 0. The molecule has 98 valence electrons. The van der Waals surface area contributed by atoms with Crippen molar-refractivity contribution in [1.82, 2.24) is 14.5 Å². The minimum Gasteiger partial charge on any atom is -0.324 e. The van der Waals surface area contributed by atoms with Crippen molar-refractivity contribution in [3.63, 3.8) is 0 Å². The predicted octanol–water partition coefficient (Wildman–Crippen LogP) is 1.76. The van der Waals surface area contributed by atoms with E-state index >= 15 is 0 Å². The van der Waals surface area contributed by atoms with Gasteiger partial charge in [-0.25, -0.2) is 4.98 Å². The maximum Gasteiger partial charge on any atom is 0.252 e. The molecule has 0 bridgehead atoms. The van der Waals surface area contributed by atoms with Crippen LogP contribution in [0.25, 0.3) is 0 Å². The monoisotopic (exact) mass is 249 g/mol. The van der Waals surface area contributed by atoms with Crippen LogP contribution in [0.5, 0.6) is 0 Å². The van der Waals surface area contributed by atoms with Crippen LogP contribution >= 0.6 is 0 Å². The van der Waals surface area contributed by atoms with Crippen LogP contribution in [0.1, 0.15) is 45.1 Å². The molecule has 5 heteroatoms. The molecule has 1 saturated heterocycles. The number of imidazole rings is 1. The number of nitrogens with zero attached hydrogens (tertiary/aromatic N) is 3. The molecular weight excluding hydrogens is 230 g/mol. The molecule has 2 rings (SSSR count). The van der Waals surface area contributed by atoms with Crippen molar-refractivity contribution in [1.29, 1.82) is 0 Å². The number of carbonyl (C=O) groups is 2. The summed E-state index contributed by atoms with van der Waals surface area (Å²) in [6.07, 6.45) is 9.50. The highest BCUT2D eigenvalue weighted by molar-refractivity contribution is 6.04. The SMILES string of the molecule is CCCCCCN1C(=O)CC(n2ccnc2)C1=O. The summed E-state index contributed by atoms with van der Waals surface area (Å²) < 4.78 is 1.71. The van der Waals surface area contributed by atoms with Crippen molar-refractivity contribution in [2.75, 3.05) is 6.54 Å². The Morgan fingerprint density at radius 3 is 2.83 bits per heavy atom. The highest BCUT2D eigenvalue weighted by Crippen LogP contribution is 2.24. The molecule has 1 fully saturated rings. The highest BCUT2D eigenvalue weighted by atomic mass is 16.2. The van der Waals surface area contributed by atoms with E-state index in [4.69, 9.17) is 0 Å². The Morgan fingerprint density at radius 1 is 1.33 bits per heavy atom. The summed E-state index contributed by atoms with van der Waals surface area (Å²) >= 11 is 0.